The lowest BCUT2D eigenvalue weighted by atomic mass is 10.0. The summed E-state index contributed by atoms with van der Waals surface area (Å²) in [6.45, 7) is 8.68. The van der Waals surface area contributed by atoms with Gasteiger partial charge in [-0.3, -0.25) is 0 Å². The summed E-state index contributed by atoms with van der Waals surface area (Å²) in [7, 11) is 1.61. The molecule has 1 aromatic carbocycles. The largest absolute Gasteiger partial charge is 0.497 e. The number of rotatable bonds is 4. The summed E-state index contributed by atoms with van der Waals surface area (Å²) in [6.07, 6.45) is 0.589. The van der Waals surface area contributed by atoms with Crippen molar-refractivity contribution >= 4 is 12.0 Å². The normalized spacial score (nSPS) is 13.6. The molecule has 1 aromatic heterocycles. The fraction of sp³-hybridized carbons (Fsp3) is 0.476. The zero-order chi connectivity index (χ0) is 21.2. The van der Waals surface area contributed by atoms with E-state index >= 15 is 0 Å². The molecule has 0 radical (unpaired) electrons. The van der Waals surface area contributed by atoms with Gasteiger partial charge in [-0.15, -0.1) is 0 Å². The van der Waals surface area contributed by atoms with E-state index in [1.165, 1.54) is 0 Å². The number of carbonyl (C=O) groups is 2. The van der Waals surface area contributed by atoms with E-state index in [1.54, 1.807) is 23.6 Å². The van der Waals surface area contributed by atoms with Gasteiger partial charge in [0.2, 0.25) is 0 Å². The molecule has 1 aliphatic rings. The van der Waals surface area contributed by atoms with Crippen molar-refractivity contribution in [3.8, 4) is 11.4 Å². The van der Waals surface area contributed by atoms with E-state index in [4.69, 9.17) is 9.47 Å². The molecule has 0 unspecified atom stereocenters. The number of fused-ring (bicyclic) bond motifs is 1. The number of hydrogen-bond donors (Lipinski definition) is 1. The molecule has 0 bridgehead atoms. The maximum atomic E-state index is 12.6. The molecule has 1 aliphatic heterocycles. The molecule has 2 aromatic rings. The smallest absolute Gasteiger partial charge is 0.359 e. The number of carbonyl (C=O) groups excluding carboxylic acids is 2. The lowest BCUT2D eigenvalue weighted by molar-refractivity contribution is 0.0516. The van der Waals surface area contributed by atoms with Crippen LogP contribution in [0, 0.1) is 0 Å². The molecule has 0 saturated heterocycles. The number of esters is 1. The van der Waals surface area contributed by atoms with Crippen molar-refractivity contribution in [2.24, 2.45) is 0 Å². The Bertz CT molecular complexity index is 897. The Labute approximate surface area is 170 Å². The average Bonchev–Trinajstić information content (AvgIpc) is 3.06. The molecule has 8 heteroatoms. The molecule has 0 fully saturated rings. The summed E-state index contributed by atoms with van der Waals surface area (Å²) in [6, 6.07) is 7.31. The van der Waals surface area contributed by atoms with Crippen molar-refractivity contribution in [2.75, 3.05) is 20.3 Å². The van der Waals surface area contributed by atoms with Crippen molar-refractivity contribution in [3.63, 3.8) is 0 Å². The van der Waals surface area contributed by atoms with Crippen LogP contribution in [0.25, 0.3) is 5.69 Å². The summed E-state index contributed by atoms with van der Waals surface area (Å²) in [4.78, 5) is 26.9. The van der Waals surface area contributed by atoms with Gasteiger partial charge in [0.25, 0.3) is 0 Å². The fourth-order valence-electron chi connectivity index (χ4n) is 3.29. The molecule has 156 valence electrons. The summed E-state index contributed by atoms with van der Waals surface area (Å²) >= 11 is 0. The van der Waals surface area contributed by atoms with Gasteiger partial charge in [-0.25, -0.2) is 14.3 Å². The number of benzene rings is 1. The summed E-state index contributed by atoms with van der Waals surface area (Å²) in [5.74, 6) is 0.263. The van der Waals surface area contributed by atoms with Gasteiger partial charge in [0.1, 0.15) is 5.75 Å². The van der Waals surface area contributed by atoms with Gasteiger partial charge in [-0.05, 0) is 52.0 Å². The fourth-order valence-corrected chi connectivity index (χ4v) is 3.29. The van der Waals surface area contributed by atoms with Crippen LogP contribution in [-0.2, 0) is 17.7 Å². The minimum Gasteiger partial charge on any atom is -0.497 e. The van der Waals surface area contributed by atoms with Crippen molar-refractivity contribution in [2.45, 2.75) is 46.2 Å². The van der Waals surface area contributed by atoms with Crippen LogP contribution in [-0.4, -0.2) is 52.5 Å². The van der Waals surface area contributed by atoms with Crippen molar-refractivity contribution in [1.29, 1.82) is 0 Å². The molecule has 29 heavy (non-hydrogen) atoms. The van der Waals surface area contributed by atoms with Gasteiger partial charge >= 0.3 is 12.0 Å². The molecule has 3 rings (SSSR count). The second-order valence-corrected chi connectivity index (χ2v) is 7.96. The number of nitrogens with one attached hydrogen (secondary N) is 1. The van der Waals surface area contributed by atoms with E-state index < -0.39 is 5.97 Å². The summed E-state index contributed by atoms with van der Waals surface area (Å²) in [5, 5.41) is 7.52. The molecular weight excluding hydrogens is 372 g/mol. The molecule has 2 heterocycles. The second-order valence-electron chi connectivity index (χ2n) is 7.96. The first-order chi connectivity index (χ1) is 13.7. The quantitative estimate of drug-likeness (QED) is 0.798. The van der Waals surface area contributed by atoms with Crippen LogP contribution in [0.2, 0.25) is 0 Å². The standard InChI is InChI=1S/C21H28N4O4/c1-6-29-19(26)18-16-13-24(20(27)22-21(2,3)4)12-11-17(16)25(23-18)14-7-9-15(28-5)10-8-14/h7-10H,6,11-13H2,1-5H3,(H,22,27). The number of nitrogens with zero attached hydrogens (tertiary/aromatic N) is 3. The number of hydrogen-bond acceptors (Lipinski definition) is 5. The van der Waals surface area contributed by atoms with Gasteiger partial charge in [0.05, 0.1) is 31.6 Å². The minimum atomic E-state index is -0.478. The second kappa shape index (κ2) is 8.14. The molecule has 0 spiro atoms. The number of methoxy groups -OCH3 is 1. The van der Waals surface area contributed by atoms with Crippen LogP contribution < -0.4 is 10.1 Å². The lowest BCUT2D eigenvalue weighted by Crippen LogP contribution is -2.49. The molecule has 2 amide bonds. The van der Waals surface area contributed by atoms with Crippen LogP contribution in [0.15, 0.2) is 24.3 Å². The van der Waals surface area contributed by atoms with Crippen molar-refractivity contribution in [3.05, 3.63) is 41.2 Å². The highest BCUT2D eigenvalue weighted by Crippen LogP contribution is 2.27. The number of urea groups is 1. The first-order valence-corrected chi connectivity index (χ1v) is 9.73. The summed E-state index contributed by atoms with van der Waals surface area (Å²) in [5.41, 5.74) is 2.39. The van der Waals surface area contributed by atoms with Crippen molar-refractivity contribution < 1.29 is 19.1 Å². The Kier molecular flexibility index (Phi) is 5.81. The van der Waals surface area contributed by atoms with E-state index in [0.717, 1.165) is 22.7 Å². The zero-order valence-electron chi connectivity index (χ0n) is 17.6. The maximum Gasteiger partial charge on any atom is 0.359 e. The van der Waals surface area contributed by atoms with E-state index in [0.29, 0.717) is 19.5 Å². The molecular formula is C21H28N4O4. The Balaban J connectivity index is 1.97. The van der Waals surface area contributed by atoms with E-state index in [1.807, 2.05) is 45.0 Å². The SMILES string of the molecule is CCOC(=O)c1nn(-c2ccc(OC)cc2)c2c1CN(C(=O)NC(C)(C)C)CC2. The van der Waals surface area contributed by atoms with Crippen LogP contribution in [0.5, 0.6) is 5.75 Å². The first-order valence-electron chi connectivity index (χ1n) is 9.73. The van der Waals surface area contributed by atoms with Gasteiger partial charge in [-0.1, -0.05) is 0 Å². The van der Waals surface area contributed by atoms with Crippen LogP contribution in [0.3, 0.4) is 0 Å². The third kappa shape index (κ3) is 4.52. The van der Waals surface area contributed by atoms with Crippen LogP contribution in [0.1, 0.15) is 49.4 Å². The third-order valence-corrected chi connectivity index (χ3v) is 4.61. The molecule has 0 atom stereocenters. The van der Waals surface area contributed by atoms with Gasteiger partial charge < -0.3 is 19.7 Å². The van der Waals surface area contributed by atoms with Crippen LogP contribution in [0.4, 0.5) is 4.79 Å². The Morgan fingerprint density at radius 1 is 1.21 bits per heavy atom. The van der Waals surface area contributed by atoms with Crippen LogP contribution >= 0.6 is 0 Å². The predicted octanol–water partition coefficient (Wildman–Crippen LogP) is 2.92. The molecule has 0 saturated carbocycles. The van der Waals surface area contributed by atoms with Gasteiger partial charge in [-0.2, -0.15) is 5.10 Å². The highest BCUT2D eigenvalue weighted by Gasteiger charge is 2.32. The summed E-state index contributed by atoms with van der Waals surface area (Å²) < 4.78 is 12.2. The zero-order valence-corrected chi connectivity index (χ0v) is 17.6. The Hall–Kier alpha value is -3.03. The molecule has 1 N–H and O–H groups in total. The highest BCUT2D eigenvalue weighted by molar-refractivity contribution is 5.89. The number of ether oxygens (including phenoxy) is 2. The monoisotopic (exact) mass is 400 g/mol. The predicted molar refractivity (Wildman–Crippen MR) is 108 cm³/mol. The van der Waals surface area contributed by atoms with Gasteiger partial charge in [0.15, 0.2) is 5.69 Å². The minimum absolute atomic E-state index is 0.157. The number of aromatic nitrogens is 2. The van der Waals surface area contributed by atoms with E-state index in [9.17, 15) is 9.59 Å². The van der Waals surface area contributed by atoms with E-state index in [-0.39, 0.29) is 23.9 Å². The number of amides is 2. The van der Waals surface area contributed by atoms with E-state index in [2.05, 4.69) is 10.4 Å². The van der Waals surface area contributed by atoms with Crippen molar-refractivity contribution in [1.82, 2.24) is 20.0 Å². The Morgan fingerprint density at radius 3 is 2.48 bits per heavy atom. The average molecular weight is 400 g/mol. The molecule has 8 nitrogen and oxygen atoms in total. The maximum absolute atomic E-state index is 12.6. The Morgan fingerprint density at radius 2 is 1.90 bits per heavy atom. The third-order valence-electron chi connectivity index (χ3n) is 4.61. The highest BCUT2D eigenvalue weighted by atomic mass is 16.5. The molecule has 0 aliphatic carbocycles. The first kappa shape index (κ1) is 20.7. The van der Waals surface area contributed by atoms with Gasteiger partial charge in [0, 0.05) is 24.1 Å². The lowest BCUT2D eigenvalue weighted by Gasteiger charge is -2.31. The topological polar surface area (TPSA) is 85.7 Å².